The summed E-state index contributed by atoms with van der Waals surface area (Å²) in [5, 5.41) is 0. The van der Waals surface area contributed by atoms with Gasteiger partial charge in [0, 0.05) is 10.0 Å². The summed E-state index contributed by atoms with van der Waals surface area (Å²) in [5.41, 5.74) is 7.51. The van der Waals surface area contributed by atoms with Gasteiger partial charge in [-0.05, 0) is 42.8 Å². The highest BCUT2D eigenvalue weighted by Crippen LogP contribution is 2.29. The quantitative estimate of drug-likeness (QED) is 0.861. The summed E-state index contributed by atoms with van der Waals surface area (Å²) < 4.78 is 24.8. The van der Waals surface area contributed by atoms with Crippen molar-refractivity contribution in [3.63, 3.8) is 0 Å². The van der Waals surface area contributed by atoms with Gasteiger partial charge in [0.1, 0.15) is 12.4 Å². The van der Waals surface area contributed by atoms with Crippen LogP contribution in [0.3, 0.4) is 0 Å². The molecule has 3 nitrogen and oxygen atoms in total. The lowest BCUT2D eigenvalue weighted by atomic mass is 10.1. The highest BCUT2D eigenvalue weighted by Gasteiger charge is 2.08. The lowest BCUT2D eigenvalue weighted by Gasteiger charge is -2.13. The first-order valence-corrected chi connectivity index (χ1v) is 7.37. The fraction of sp³-hybridized carbons (Fsp3) is 0.250. The number of halogens is 2. The monoisotopic (exact) mass is 353 g/mol. The van der Waals surface area contributed by atoms with Crippen molar-refractivity contribution in [3.8, 4) is 11.5 Å². The zero-order chi connectivity index (χ0) is 15.2. The van der Waals surface area contributed by atoms with E-state index in [1.54, 1.807) is 13.2 Å². The number of nitrogens with two attached hydrogens (primary N) is 1. The molecule has 0 saturated carbocycles. The fourth-order valence-electron chi connectivity index (χ4n) is 1.95. The molecule has 0 aliphatic heterocycles. The molecule has 0 unspecified atom stereocenters. The molecule has 2 rings (SSSR count). The summed E-state index contributed by atoms with van der Waals surface area (Å²) >= 11 is 3.32. The van der Waals surface area contributed by atoms with E-state index in [1.165, 1.54) is 12.1 Å². The topological polar surface area (TPSA) is 44.5 Å². The van der Waals surface area contributed by atoms with Crippen LogP contribution in [0, 0.1) is 5.82 Å². The van der Waals surface area contributed by atoms with Gasteiger partial charge in [0.15, 0.2) is 11.5 Å². The van der Waals surface area contributed by atoms with E-state index in [-0.39, 0.29) is 5.82 Å². The molecule has 0 radical (unpaired) electrons. The fourth-order valence-corrected chi connectivity index (χ4v) is 2.41. The van der Waals surface area contributed by atoms with Crippen molar-refractivity contribution in [1.82, 2.24) is 0 Å². The van der Waals surface area contributed by atoms with Gasteiger partial charge in [0.2, 0.25) is 0 Å². The van der Waals surface area contributed by atoms with Crippen LogP contribution >= 0.6 is 15.9 Å². The number of hydrogen-bond acceptors (Lipinski definition) is 3. The maximum absolute atomic E-state index is 13.0. The Balaban J connectivity index is 2.12. The molecule has 0 atom stereocenters. The first-order chi connectivity index (χ1) is 10.1. The van der Waals surface area contributed by atoms with Gasteiger partial charge in [-0.3, -0.25) is 0 Å². The molecule has 0 amide bonds. The molecule has 112 valence electrons. The van der Waals surface area contributed by atoms with Crippen molar-refractivity contribution in [2.24, 2.45) is 5.73 Å². The van der Waals surface area contributed by atoms with Crippen LogP contribution in [-0.4, -0.2) is 13.7 Å². The Kier molecular flexibility index (Phi) is 5.59. The van der Waals surface area contributed by atoms with Crippen molar-refractivity contribution in [2.45, 2.75) is 13.0 Å². The van der Waals surface area contributed by atoms with Crippen molar-refractivity contribution < 1.29 is 13.9 Å². The average Bonchev–Trinajstić information content (AvgIpc) is 2.47. The zero-order valence-electron chi connectivity index (χ0n) is 11.7. The normalized spacial score (nSPS) is 10.5. The molecule has 0 aliphatic carbocycles. The van der Waals surface area contributed by atoms with Gasteiger partial charge >= 0.3 is 0 Å². The van der Waals surface area contributed by atoms with E-state index >= 15 is 0 Å². The number of rotatable bonds is 6. The van der Waals surface area contributed by atoms with Crippen LogP contribution in [0.1, 0.15) is 11.1 Å². The van der Waals surface area contributed by atoms with E-state index in [0.717, 1.165) is 17.5 Å². The van der Waals surface area contributed by atoms with Gasteiger partial charge in [-0.2, -0.15) is 0 Å². The van der Waals surface area contributed by atoms with Gasteiger partial charge in [0.25, 0.3) is 0 Å². The number of hydrogen-bond donors (Lipinski definition) is 1. The maximum atomic E-state index is 13.0. The van der Waals surface area contributed by atoms with Crippen LogP contribution in [0.5, 0.6) is 11.5 Å². The Hall–Kier alpha value is -1.59. The molecule has 0 fully saturated rings. The van der Waals surface area contributed by atoms with Gasteiger partial charge in [-0.25, -0.2) is 4.39 Å². The second-order valence-electron chi connectivity index (χ2n) is 4.55. The second-order valence-corrected chi connectivity index (χ2v) is 5.40. The Bertz CT molecular complexity index is 619. The molecule has 2 aromatic rings. The number of methoxy groups -OCH3 is 1. The number of ether oxygens (including phenoxy) is 2. The molecule has 0 heterocycles. The van der Waals surface area contributed by atoms with Crippen molar-refractivity contribution in [2.75, 3.05) is 13.7 Å². The molecule has 0 saturated heterocycles. The van der Waals surface area contributed by atoms with Crippen LogP contribution in [0.25, 0.3) is 0 Å². The summed E-state index contributed by atoms with van der Waals surface area (Å²) in [7, 11) is 1.60. The first kappa shape index (κ1) is 15.8. The predicted molar refractivity (Wildman–Crippen MR) is 84.2 cm³/mol. The molecule has 0 bridgehead atoms. The molecule has 0 aromatic heterocycles. The molecule has 2 aromatic carbocycles. The van der Waals surface area contributed by atoms with Crippen LogP contribution in [0.4, 0.5) is 4.39 Å². The molecule has 5 heteroatoms. The summed E-state index contributed by atoms with van der Waals surface area (Å²) in [4.78, 5) is 0. The highest BCUT2D eigenvalue weighted by molar-refractivity contribution is 9.10. The van der Waals surface area contributed by atoms with Crippen molar-refractivity contribution in [1.29, 1.82) is 0 Å². The molecular formula is C16H17BrFNO2. The third kappa shape index (κ3) is 4.19. The Morgan fingerprint density at radius 1 is 1.14 bits per heavy atom. The van der Waals surface area contributed by atoms with E-state index in [9.17, 15) is 4.39 Å². The van der Waals surface area contributed by atoms with Crippen molar-refractivity contribution in [3.05, 3.63) is 57.8 Å². The Morgan fingerprint density at radius 3 is 2.62 bits per heavy atom. The van der Waals surface area contributed by atoms with E-state index < -0.39 is 0 Å². The summed E-state index contributed by atoms with van der Waals surface area (Å²) in [5.74, 6) is 1.03. The van der Waals surface area contributed by atoms with Crippen LogP contribution in [-0.2, 0) is 13.0 Å². The third-order valence-electron chi connectivity index (χ3n) is 3.06. The third-order valence-corrected chi connectivity index (χ3v) is 3.80. The van der Waals surface area contributed by atoms with Gasteiger partial charge in [0.05, 0.1) is 7.11 Å². The SMILES string of the molecule is COc1cc(CCN)ccc1OCc1ccc(F)cc1Br. The van der Waals surface area contributed by atoms with Crippen LogP contribution in [0.2, 0.25) is 0 Å². The number of benzene rings is 2. The molecular weight excluding hydrogens is 337 g/mol. The molecule has 2 N–H and O–H groups in total. The summed E-state index contributed by atoms with van der Waals surface area (Å²) in [6.07, 6.45) is 0.792. The van der Waals surface area contributed by atoms with Gasteiger partial charge < -0.3 is 15.2 Å². The standard InChI is InChI=1S/C16H17BrFNO2/c1-20-16-8-11(6-7-19)2-5-15(16)21-10-12-3-4-13(18)9-14(12)17/h2-5,8-9H,6-7,10,19H2,1H3. The van der Waals surface area contributed by atoms with E-state index in [4.69, 9.17) is 15.2 Å². The largest absolute Gasteiger partial charge is 0.493 e. The minimum atomic E-state index is -0.283. The zero-order valence-corrected chi connectivity index (χ0v) is 13.3. The Labute approximate surface area is 132 Å². The lowest BCUT2D eigenvalue weighted by molar-refractivity contribution is 0.283. The van der Waals surface area contributed by atoms with E-state index in [1.807, 2.05) is 18.2 Å². The molecule has 0 spiro atoms. The average molecular weight is 354 g/mol. The van der Waals surface area contributed by atoms with E-state index in [0.29, 0.717) is 29.1 Å². The van der Waals surface area contributed by atoms with E-state index in [2.05, 4.69) is 15.9 Å². The lowest BCUT2D eigenvalue weighted by Crippen LogP contribution is -2.04. The highest BCUT2D eigenvalue weighted by atomic mass is 79.9. The Morgan fingerprint density at radius 2 is 1.95 bits per heavy atom. The minimum Gasteiger partial charge on any atom is -0.493 e. The van der Waals surface area contributed by atoms with Crippen molar-refractivity contribution >= 4 is 15.9 Å². The minimum absolute atomic E-state index is 0.283. The van der Waals surface area contributed by atoms with Gasteiger partial charge in [-0.15, -0.1) is 0 Å². The predicted octanol–water partition coefficient (Wildman–Crippen LogP) is 3.68. The first-order valence-electron chi connectivity index (χ1n) is 6.57. The summed E-state index contributed by atoms with van der Waals surface area (Å²) in [6.45, 7) is 0.916. The smallest absolute Gasteiger partial charge is 0.161 e. The summed E-state index contributed by atoms with van der Waals surface area (Å²) in [6, 6.07) is 10.3. The van der Waals surface area contributed by atoms with Gasteiger partial charge in [-0.1, -0.05) is 28.1 Å². The molecule has 0 aliphatic rings. The molecule has 21 heavy (non-hydrogen) atoms. The van der Waals surface area contributed by atoms with Crippen LogP contribution < -0.4 is 15.2 Å². The second kappa shape index (κ2) is 7.43. The van der Waals surface area contributed by atoms with Crippen LogP contribution in [0.15, 0.2) is 40.9 Å². The maximum Gasteiger partial charge on any atom is 0.161 e.